The summed E-state index contributed by atoms with van der Waals surface area (Å²) in [6.45, 7) is 0. The number of nitrogens with two attached hydrogens (primary N) is 1. The Morgan fingerprint density at radius 3 is 2.67 bits per heavy atom. The SMILES string of the molecule is NNC(=O)Cc1ccc(NC(=O)CCCC[C@@H]2SC[C@@H]3NC(=O)N[C@@H]32)cc1. The molecule has 9 heteroatoms. The number of thioether (sulfide) groups is 1. The van der Waals surface area contributed by atoms with Crippen molar-refractivity contribution in [2.45, 2.75) is 49.4 Å². The molecule has 2 aliphatic heterocycles. The van der Waals surface area contributed by atoms with Gasteiger partial charge in [-0.05, 0) is 30.5 Å². The van der Waals surface area contributed by atoms with Gasteiger partial charge in [0.1, 0.15) is 0 Å². The third-order valence-electron chi connectivity index (χ3n) is 4.84. The lowest BCUT2D eigenvalue weighted by Gasteiger charge is -2.16. The number of amides is 4. The Balaban J connectivity index is 1.34. The standard InChI is InChI=1S/C18H25N5O3S/c19-23-16(25)9-11-5-7-12(8-6-11)20-15(24)4-2-1-3-14-17-13(10-27-14)21-18(26)22-17/h5-8,13-14,17H,1-4,9-10,19H2,(H,20,24)(H,23,25)(H2,21,22,26)/t13-,14-,17-/m0/s1. The van der Waals surface area contributed by atoms with E-state index in [4.69, 9.17) is 5.84 Å². The zero-order chi connectivity index (χ0) is 19.2. The number of benzene rings is 1. The fraction of sp³-hybridized carbons (Fsp3) is 0.500. The molecule has 0 unspecified atom stereocenters. The molecule has 0 aromatic heterocycles. The summed E-state index contributed by atoms with van der Waals surface area (Å²) in [6, 6.07) is 7.55. The minimum Gasteiger partial charge on any atom is -0.332 e. The van der Waals surface area contributed by atoms with Gasteiger partial charge in [-0.25, -0.2) is 10.6 Å². The molecule has 27 heavy (non-hydrogen) atoms. The van der Waals surface area contributed by atoms with Crippen molar-refractivity contribution in [1.29, 1.82) is 0 Å². The Morgan fingerprint density at radius 1 is 1.15 bits per heavy atom. The van der Waals surface area contributed by atoms with E-state index < -0.39 is 0 Å². The van der Waals surface area contributed by atoms with Gasteiger partial charge in [0.2, 0.25) is 11.8 Å². The van der Waals surface area contributed by atoms with E-state index in [1.165, 1.54) is 0 Å². The number of hydrogen-bond acceptors (Lipinski definition) is 5. The maximum absolute atomic E-state index is 12.1. The van der Waals surface area contributed by atoms with Gasteiger partial charge in [0.05, 0.1) is 18.5 Å². The van der Waals surface area contributed by atoms with Crippen molar-refractivity contribution in [3.63, 3.8) is 0 Å². The number of nitrogens with one attached hydrogen (secondary N) is 4. The molecule has 6 N–H and O–H groups in total. The lowest BCUT2D eigenvalue weighted by Crippen LogP contribution is -2.36. The second-order valence-electron chi connectivity index (χ2n) is 6.86. The van der Waals surface area contributed by atoms with Crippen molar-refractivity contribution in [2.24, 2.45) is 5.84 Å². The number of unbranched alkanes of at least 4 members (excludes halogenated alkanes) is 1. The molecule has 0 bridgehead atoms. The maximum Gasteiger partial charge on any atom is 0.315 e. The van der Waals surface area contributed by atoms with Crippen LogP contribution in [0, 0.1) is 0 Å². The smallest absolute Gasteiger partial charge is 0.315 e. The van der Waals surface area contributed by atoms with Gasteiger partial charge in [0.25, 0.3) is 0 Å². The average Bonchev–Trinajstić information content (AvgIpc) is 3.19. The maximum atomic E-state index is 12.1. The molecule has 8 nitrogen and oxygen atoms in total. The fourth-order valence-corrected chi connectivity index (χ4v) is 4.98. The summed E-state index contributed by atoms with van der Waals surface area (Å²) >= 11 is 1.89. The molecule has 3 rings (SSSR count). The number of fused-ring (bicyclic) bond motifs is 1. The van der Waals surface area contributed by atoms with Gasteiger partial charge in [0, 0.05) is 23.1 Å². The Bertz CT molecular complexity index is 697. The van der Waals surface area contributed by atoms with Gasteiger partial charge in [0.15, 0.2) is 0 Å². The number of hydrazine groups is 1. The molecular weight excluding hydrogens is 366 g/mol. The van der Waals surface area contributed by atoms with Crippen LogP contribution in [0.15, 0.2) is 24.3 Å². The Kier molecular flexibility index (Phi) is 6.57. The molecule has 0 radical (unpaired) electrons. The summed E-state index contributed by atoms with van der Waals surface area (Å²) in [5.74, 6) is 5.75. The van der Waals surface area contributed by atoms with E-state index >= 15 is 0 Å². The van der Waals surface area contributed by atoms with Crippen molar-refractivity contribution >= 4 is 35.3 Å². The second kappa shape index (κ2) is 9.09. The summed E-state index contributed by atoms with van der Waals surface area (Å²) in [5.41, 5.74) is 3.63. The van der Waals surface area contributed by atoms with E-state index in [0.29, 0.717) is 17.4 Å². The van der Waals surface area contributed by atoms with Crippen LogP contribution in [0.25, 0.3) is 0 Å². The minimum atomic E-state index is -0.258. The highest BCUT2D eigenvalue weighted by Gasteiger charge is 2.42. The van der Waals surface area contributed by atoms with E-state index in [9.17, 15) is 14.4 Å². The highest BCUT2D eigenvalue weighted by molar-refractivity contribution is 8.00. The van der Waals surface area contributed by atoms with Crippen molar-refractivity contribution < 1.29 is 14.4 Å². The summed E-state index contributed by atoms with van der Waals surface area (Å²) in [7, 11) is 0. The highest BCUT2D eigenvalue weighted by Crippen LogP contribution is 2.33. The molecule has 0 aliphatic carbocycles. The average molecular weight is 391 g/mol. The third-order valence-corrected chi connectivity index (χ3v) is 6.35. The number of anilines is 1. The molecule has 0 saturated carbocycles. The molecule has 4 amide bonds. The van der Waals surface area contributed by atoms with E-state index in [-0.39, 0.29) is 36.3 Å². The second-order valence-corrected chi connectivity index (χ2v) is 8.13. The summed E-state index contributed by atoms with van der Waals surface area (Å²) in [6.07, 6.45) is 3.45. The Hall–Kier alpha value is -2.26. The monoisotopic (exact) mass is 391 g/mol. The van der Waals surface area contributed by atoms with Gasteiger partial charge in [-0.15, -0.1) is 0 Å². The highest BCUT2D eigenvalue weighted by atomic mass is 32.2. The molecular formula is C18H25N5O3S. The van der Waals surface area contributed by atoms with Crippen LogP contribution in [0.4, 0.5) is 10.5 Å². The Morgan fingerprint density at radius 2 is 1.93 bits per heavy atom. The first-order valence-electron chi connectivity index (χ1n) is 9.12. The van der Waals surface area contributed by atoms with Gasteiger partial charge in [-0.1, -0.05) is 18.6 Å². The molecule has 2 fully saturated rings. The molecule has 2 aliphatic rings. The minimum absolute atomic E-state index is 0.0183. The van der Waals surface area contributed by atoms with Crippen molar-refractivity contribution in [3.05, 3.63) is 29.8 Å². The number of carbonyl (C=O) groups excluding carboxylic acids is 3. The summed E-state index contributed by atoms with van der Waals surface area (Å²) < 4.78 is 0. The van der Waals surface area contributed by atoms with Gasteiger partial charge in [-0.3, -0.25) is 15.0 Å². The molecule has 1 aromatic rings. The summed E-state index contributed by atoms with van der Waals surface area (Å²) in [4.78, 5) is 34.7. The molecule has 3 atom stereocenters. The van der Waals surface area contributed by atoms with E-state index in [0.717, 1.165) is 30.6 Å². The molecule has 2 heterocycles. The summed E-state index contributed by atoms with van der Waals surface area (Å²) in [5, 5.41) is 9.22. The number of rotatable bonds is 8. The van der Waals surface area contributed by atoms with Crippen LogP contribution >= 0.6 is 11.8 Å². The zero-order valence-corrected chi connectivity index (χ0v) is 15.8. The third kappa shape index (κ3) is 5.36. The van der Waals surface area contributed by atoms with Gasteiger partial charge < -0.3 is 16.0 Å². The van der Waals surface area contributed by atoms with Crippen molar-refractivity contribution in [2.75, 3.05) is 11.1 Å². The van der Waals surface area contributed by atoms with Crippen LogP contribution in [0.3, 0.4) is 0 Å². The zero-order valence-electron chi connectivity index (χ0n) is 15.0. The van der Waals surface area contributed by atoms with Gasteiger partial charge >= 0.3 is 6.03 Å². The van der Waals surface area contributed by atoms with Gasteiger partial charge in [-0.2, -0.15) is 11.8 Å². The fourth-order valence-electron chi connectivity index (χ4n) is 3.44. The largest absolute Gasteiger partial charge is 0.332 e. The first-order valence-corrected chi connectivity index (χ1v) is 10.2. The first kappa shape index (κ1) is 19.5. The van der Waals surface area contributed by atoms with Crippen LogP contribution < -0.4 is 27.2 Å². The van der Waals surface area contributed by atoms with E-state index in [2.05, 4.69) is 21.4 Å². The number of carbonyl (C=O) groups is 3. The van der Waals surface area contributed by atoms with Crippen LogP contribution in [-0.2, 0) is 16.0 Å². The molecule has 0 spiro atoms. The number of urea groups is 1. The van der Waals surface area contributed by atoms with E-state index in [1.54, 1.807) is 24.3 Å². The van der Waals surface area contributed by atoms with Crippen molar-refractivity contribution in [1.82, 2.24) is 16.1 Å². The van der Waals surface area contributed by atoms with Crippen LogP contribution in [0.5, 0.6) is 0 Å². The first-order chi connectivity index (χ1) is 13.0. The van der Waals surface area contributed by atoms with Crippen LogP contribution in [-0.4, -0.2) is 40.9 Å². The predicted octanol–water partition coefficient (Wildman–Crippen LogP) is 0.883. The quantitative estimate of drug-likeness (QED) is 0.148. The molecule has 2 saturated heterocycles. The Labute approximate surface area is 162 Å². The van der Waals surface area contributed by atoms with Crippen LogP contribution in [0.1, 0.15) is 31.2 Å². The molecule has 1 aromatic carbocycles. The normalized spacial score (nSPS) is 23.3. The van der Waals surface area contributed by atoms with E-state index in [1.807, 2.05) is 11.8 Å². The lowest BCUT2D eigenvalue weighted by atomic mass is 10.0. The van der Waals surface area contributed by atoms with Crippen molar-refractivity contribution in [3.8, 4) is 0 Å². The lowest BCUT2D eigenvalue weighted by molar-refractivity contribution is -0.120. The van der Waals surface area contributed by atoms with Crippen LogP contribution in [0.2, 0.25) is 0 Å². The topological polar surface area (TPSA) is 125 Å². The molecule has 146 valence electrons. The predicted molar refractivity (Wildman–Crippen MR) is 105 cm³/mol. The number of hydrogen-bond donors (Lipinski definition) is 5.